The van der Waals surface area contributed by atoms with E-state index in [1.807, 2.05) is 0 Å². The molecule has 1 aromatic rings. The summed E-state index contributed by atoms with van der Waals surface area (Å²) in [6, 6.07) is 1.07. The molecule has 22 heavy (non-hydrogen) atoms. The van der Waals surface area contributed by atoms with Crippen LogP contribution in [-0.4, -0.2) is 42.7 Å². The van der Waals surface area contributed by atoms with E-state index in [1.54, 1.807) is 26.1 Å². The smallest absolute Gasteiger partial charge is 0.323 e. The van der Waals surface area contributed by atoms with Gasteiger partial charge in [-0.25, -0.2) is 4.98 Å². The maximum Gasteiger partial charge on any atom is 0.323 e. The summed E-state index contributed by atoms with van der Waals surface area (Å²) in [6.07, 6.45) is 1.83. The van der Waals surface area contributed by atoms with Crippen molar-refractivity contribution in [1.29, 1.82) is 0 Å². The van der Waals surface area contributed by atoms with Crippen molar-refractivity contribution in [3.05, 3.63) is 22.3 Å². The topological polar surface area (TPSA) is 104 Å². The first kappa shape index (κ1) is 18.4. The van der Waals surface area contributed by atoms with E-state index in [-0.39, 0.29) is 26.2 Å². The summed E-state index contributed by atoms with van der Waals surface area (Å²) in [6.45, 7) is 3.89. The Balaban J connectivity index is 2.79. The molecule has 8 heteroatoms. The van der Waals surface area contributed by atoms with Gasteiger partial charge in [-0.15, -0.1) is 0 Å². The first-order chi connectivity index (χ1) is 10.5. The molecule has 1 heterocycles. The van der Waals surface area contributed by atoms with Crippen LogP contribution in [0.2, 0.25) is 0 Å². The first-order valence-corrected chi connectivity index (χ1v) is 7.72. The molecule has 1 unspecified atom stereocenters. The van der Waals surface area contributed by atoms with Gasteiger partial charge >= 0.3 is 11.9 Å². The Morgan fingerprint density at radius 2 is 2.05 bits per heavy atom. The predicted molar refractivity (Wildman–Crippen MR) is 85.1 cm³/mol. The monoisotopic (exact) mass is 373 g/mol. The third-order valence-electron chi connectivity index (χ3n) is 2.76. The number of rotatable bonds is 8. The quantitative estimate of drug-likeness (QED) is 0.656. The zero-order valence-electron chi connectivity index (χ0n) is 12.6. The van der Waals surface area contributed by atoms with E-state index in [4.69, 9.17) is 15.2 Å². The van der Waals surface area contributed by atoms with Crippen molar-refractivity contribution in [2.75, 3.05) is 25.5 Å². The highest BCUT2D eigenvalue weighted by molar-refractivity contribution is 9.10. The second-order valence-electron chi connectivity index (χ2n) is 4.39. The lowest BCUT2D eigenvalue weighted by Crippen LogP contribution is -2.43. The summed E-state index contributed by atoms with van der Waals surface area (Å²) in [5, 5.41) is 2.84. The number of ether oxygens (including phenoxy) is 2. The lowest BCUT2D eigenvalue weighted by atomic mass is 10.1. The van der Waals surface area contributed by atoms with Crippen molar-refractivity contribution >= 4 is 33.7 Å². The van der Waals surface area contributed by atoms with Gasteiger partial charge in [0.2, 0.25) is 0 Å². The van der Waals surface area contributed by atoms with Crippen molar-refractivity contribution in [3.63, 3.8) is 0 Å². The first-order valence-electron chi connectivity index (χ1n) is 6.93. The Morgan fingerprint density at radius 3 is 2.68 bits per heavy atom. The van der Waals surface area contributed by atoms with Crippen LogP contribution in [-0.2, 0) is 25.5 Å². The number of hydrogen-bond donors (Lipinski definition) is 2. The van der Waals surface area contributed by atoms with Gasteiger partial charge in [0.05, 0.1) is 19.8 Å². The van der Waals surface area contributed by atoms with E-state index in [0.717, 1.165) is 4.47 Å². The minimum atomic E-state index is -0.706. The SMILES string of the molecule is CCOC(=O)CNC(Cc1cc(Br)cnc1N)C(=O)OCC. The third-order valence-corrected chi connectivity index (χ3v) is 3.20. The van der Waals surface area contributed by atoms with E-state index in [1.165, 1.54) is 0 Å². The molecule has 0 saturated carbocycles. The molecule has 0 spiro atoms. The zero-order chi connectivity index (χ0) is 16.5. The van der Waals surface area contributed by atoms with Crippen LogP contribution in [0.25, 0.3) is 0 Å². The van der Waals surface area contributed by atoms with Gasteiger partial charge in [-0.2, -0.15) is 0 Å². The fourth-order valence-corrected chi connectivity index (χ4v) is 2.15. The van der Waals surface area contributed by atoms with Crippen LogP contribution < -0.4 is 11.1 Å². The molecular formula is C14H20BrN3O4. The summed E-state index contributed by atoms with van der Waals surface area (Å²) in [4.78, 5) is 27.4. The molecular weight excluding hydrogens is 354 g/mol. The minimum Gasteiger partial charge on any atom is -0.465 e. The number of esters is 2. The Kier molecular flexibility index (Phi) is 7.83. The number of carbonyl (C=O) groups excluding carboxylic acids is 2. The van der Waals surface area contributed by atoms with Gasteiger partial charge in [0.25, 0.3) is 0 Å². The lowest BCUT2D eigenvalue weighted by Gasteiger charge is -2.17. The second kappa shape index (κ2) is 9.37. The number of aromatic nitrogens is 1. The molecule has 0 amide bonds. The number of anilines is 1. The van der Waals surface area contributed by atoms with Gasteiger partial charge in [0.15, 0.2) is 0 Å². The average molecular weight is 374 g/mol. The van der Waals surface area contributed by atoms with E-state index >= 15 is 0 Å². The number of nitrogen functional groups attached to an aromatic ring is 1. The van der Waals surface area contributed by atoms with Crippen molar-refractivity contribution in [1.82, 2.24) is 10.3 Å². The maximum absolute atomic E-state index is 12.0. The number of nitrogens with one attached hydrogen (secondary N) is 1. The molecule has 122 valence electrons. The summed E-state index contributed by atoms with van der Waals surface area (Å²) in [5.74, 6) is -0.557. The van der Waals surface area contributed by atoms with Crippen molar-refractivity contribution in [3.8, 4) is 0 Å². The fourth-order valence-electron chi connectivity index (χ4n) is 1.78. The number of nitrogens with two attached hydrogens (primary N) is 1. The number of nitrogens with zero attached hydrogens (tertiary/aromatic N) is 1. The van der Waals surface area contributed by atoms with Crippen LogP contribution in [0.1, 0.15) is 19.4 Å². The highest BCUT2D eigenvalue weighted by Gasteiger charge is 2.22. The second-order valence-corrected chi connectivity index (χ2v) is 5.31. The molecule has 0 aliphatic heterocycles. The Labute approximate surface area is 137 Å². The van der Waals surface area contributed by atoms with Gasteiger partial charge in [-0.3, -0.25) is 14.9 Å². The van der Waals surface area contributed by atoms with Gasteiger partial charge < -0.3 is 15.2 Å². The standard InChI is InChI=1S/C14H20BrN3O4/c1-3-21-12(19)8-17-11(14(20)22-4-2)6-9-5-10(15)7-18-13(9)16/h5,7,11,17H,3-4,6,8H2,1-2H3,(H2,16,18). The molecule has 1 atom stereocenters. The molecule has 1 aromatic heterocycles. The average Bonchev–Trinajstić information content (AvgIpc) is 2.47. The number of halogens is 1. The summed E-state index contributed by atoms with van der Waals surface area (Å²) < 4.78 is 10.6. The highest BCUT2D eigenvalue weighted by atomic mass is 79.9. The predicted octanol–water partition coefficient (Wildman–Crippen LogP) is 1.05. The molecule has 7 nitrogen and oxygen atoms in total. The normalized spacial score (nSPS) is 11.8. The van der Waals surface area contributed by atoms with Gasteiger partial charge in [0, 0.05) is 17.1 Å². The van der Waals surface area contributed by atoms with Crippen molar-refractivity contribution in [2.24, 2.45) is 0 Å². The number of carbonyl (C=O) groups is 2. The van der Waals surface area contributed by atoms with E-state index in [9.17, 15) is 9.59 Å². The molecule has 0 radical (unpaired) electrons. The molecule has 1 rings (SSSR count). The van der Waals surface area contributed by atoms with Gasteiger partial charge in [-0.1, -0.05) is 0 Å². The van der Waals surface area contributed by atoms with Gasteiger partial charge in [-0.05, 0) is 41.4 Å². The summed E-state index contributed by atoms with van der Waals surface area (Å²) in [7, 11) is 0. The molecule has 3 N–H and O–H groups in total. The number of pyridine rings is 1. The Bertz CT molecular complexity index is 525. The molecule has 0 bridgehead atoms. The fraction of sp³-hybridized carbons (Fsp3) is 0.500. The molecule has 0 saturated heterocycles. The zero-order valence-corrected chi connectivity index (χ0v) is 14.2. The Hall–Kier alpha value is -1.67. The summed E-state index contributed by atoms with van der Waals surface area (Å²) >= 11 is 3.31. The summed E-state index contributed by atoms with van der Waals surface area (Å²) in [5.41, 5.74) is 6.50. The van der Waals surface area contributed by atoms with E-state index < -0.39 is 18.0 Å². The van der Waals surface area contributed by atoms with Crippen molar-refractivity contribution in [2.45, 2.75) is 26.3 Å². The van der Waals surface area contributed by atoms with Crippen molar-refractivity contribution < 1.29 is 19.1 Å². The maximum atomic E-state index is 12.0. The molecule has 0 aliphatic rings. The van der Waals surface area contributed by atoms with Crippen LogP contribution >= 0.6 is 15.9 Å². The Morgan fingerprint density at radius 1 is 1.36 bits per heavy atom. The van der Waals surface area contributed by atoms with Crippen LogP contribution in [0.15, 0.2) is 16.7 Å². The van der Waals surface area contributed by atoms with Crippen LogP contribution in [0.5, 0.6) is 0 Å². The van der Waals surface area contributed by atoms with Gasteiger partial charge in [0.1, 0.15) is 11.9 Å². The minimum absolute atomic E-state index is 0.0847. The van der Waals surface area contributed by atoms with Crippen LogP contribution in [0.4, 0.5) is 5.82 Å². The lowest BCUT2D eigenvalue weighted by molar-refractivity contribution is -0.146. The highest BCUT2D eigenvalue weighted by Crippen LogP contribution is 2.17. The molecule has 0 aromatic carbocycles. The number of hydrogen-bond acceptors (Lipinski definition) is 7. The van der Waals surface area contributed by atoms with Crippen LogP contribution in [0.3, 0.4) is 0 Å². The van der Waals surface area contributed by atoms with E-state index in [0.29, 0.717) is 11.4 Å². The van der Waals surface area contributed by atoms with Crippen LogP contribution in [0, 0.1) is 0 Å². The molecule has 0 aliphatic carbocycles. The van der Waals surface area contributed by atoms with E-state index in [2.05, 4.69) is 26.2 Å². The largest absolute Gasteiger partial charge is 0.465 e. The third kappa shape index (κ3) is 5.98. The molecule has 0 fully saturated rings.